The molecule has 1 fully saturated rings. The van der Waals surface area contributed by atoms with Crippen LogP contribution in [0.4, 0.5) is 5.95 Å². The van der Waals surface area contributed by atoms with Gasteiger partial charge in [0.25, 0.3) is 0 Å². The number of anilines is 1. The number of benzene rings is 1. The SMILES string of the molecule is CCc1ccc(-c2nc(=S)n(C[NH+]3CCN(c4ncccn4)CC3)[nH]2)cc1. The lowest BCUT2D eigenvalue weighted by Gasteiger charge is -2.31. The van der Waals surface area contributed by atoms with Crippen molar-refractivity contribution < 1.29 is 4.90 Å². The topological polar surface area (TPSA) is 67.1 Å². The largest absolute Gasteiger partial charge is 0.330 e. The second kappa shape index (κ2) is 7.98. The van der Waals surface area contributed by atoms with Crippen molar-refractivity contribution in [3.8, 4) is 11.4 Å². The predicted octanol–water partition coefficient (Wildman–Crippen LogP) is 1.32. The van der Waals surface area contributed by atoms with Crippen molar-refractivity contribution in [1.82, 2.24) is 24.7 Å². The molecule has 0 spiro atoms. The van der Waals surface area contributed by atoms with E-state index in [-0.39, 0.29) is 0 Å². The van der Waals surface area contributed by atoms with Crippen LogP contribution in [0.5, 0.6) is 0 Å². The second-order valence-electron chi connectivity index (χ2n) is 6.78. The van der Waals surface area contributed by atoms with E-state index in [1.54, 1.807) is 12.4 Å². The van der Waals surface area contributed by atoms with Crippen LogP contribution < -0.4 is 9.80 Å². The maximum absolute atomic E-state index is 5.47. The maximum atomic E-state index is 5.47. The molecule has 1 aliphatic rings. The molecule has 0 amide bonds. The van der Waals surface area contributed by atoms with Crippen LogP contribution in [0.15, 0.2) is 42.7 Å². The summed E-state index contributed by atoms with van der Waals surface area (Å²) in [6, 6.07) is 10.3. The van der Waals surface area contributed by atoms with Gasteiger partial charge in [0.05, 0.1) is 26.2 Å². The lowest BCUT2D eigenvalue weighted by atomic mass is 10.1. The Balaban J connectivity index is 1.40. The van der Waals surface area contributed by atoms with E-state index in [0.717, 1.165) is 56.6 Å². The minimum atomic E-state index is 0.603. The van der Waals surface area contributed by atoms with Crippen LogP contribution in [-0.4, -0.2) is 50.9 Å². The number of aryl methyl sites for hydroxylation is 1. The third-order valence-electron chi connectivity index (χ3n) is 5.00. The number of hydrogen-bond donors (Lipinski definition) is 2. The van der Waals surface area contributed by atoms with Crippen molar-refractivity contribution in [2.75, 3.05) is 31.1 Å². The minimum Gasteiger partial charge on any atom is -0.330 e. The van der Waals surface area contributed by atoms with Crippen molar-refractivity contribution in [3.63, 3.8) is 0 Å². The highest BCUT2D eigenvalue weighted by molar-refractivity contribution is 7.71. The summed E-state index contributed by atoms with van der Waals surface area (Å²) in [6.45, 7) is 6.85. The van der Waals surface area contributed by atoms with Gasteiger partial charge in [-0.05, 0) is 30.3 Å². The number of aromatic amines is 1. The molecule has 0 saturated carbocycles. The van der Waals surface area contributed by atoms with Crippen LogP contribution in [0.25, 0.3) is 11.4 Å². The van der Waals surface area contributed by atoms with E-state index in [9.17, 15) is 0 Å². The van der Waals surface area contributed by atoms with Crippen LogP contribution in [0.1, 0.15) is 12.5 Å². The van der Waals surface area contributed by atoms with Crippen LogP contribution in [0.2, 0.25) is 0 Å². The molecule has 27 heavy (non-hydrogen) atoms. The molecule has 3 heterocycles. The van der Waals surface area contributed by atoms with E-state index in [0.29, 0.717) is 4.77 Å². The molecule has 2 N–H and O–H groups in total. The monoisotopic (exact) mass is 382 g/mol. The van der Waals surface area contributed by atoms with Gasteiger partial charge in [-0.2, -0.15) is 4.98 Å². The summed E-state index contributed by atoms with van der Waals surface area (Å²) < 4.78 is 2.58. The van der Waals surface area contributed by atoms with E-state index < -0.39 is 0 Å². The molecular weight excluding hydrogens is 358 g/mol. The molecule has 2 aromatic heterocycles. The molecule has 3 aromatic rings. The average molecular weight is 383 g/mol. The van der Waals surface area contributed by atoms with Gasteiger partial charge in [0, 0.05) is 18.0 Å². The zero-order valence-electron chi connectivity index (χ0n) is 15.4. The maximum Gasteiger partial charge on any atom is 0.225 e. The summed E-state index contributed by atoms with van der Waals surface area (Å²) in [7, 11) is 0. The Labute approximate surface area is 163 Å². The van der Waals surface area contributed by atoms with E-state index in [1.807, 2.05) is 10.7 Å². The number of nitrogens with one attached hydrogen (secondary N) is 2. The fourth-order valence-corrected chi connectivity index (χ4v) is 3.55. The van der Waals surface area contributed by atoms with Crippen molar-refractivity contribution >= 4 is 18.2 Å². The van der Waals surface area contributed by atoms with E-state index in [2.05, 4.69) is 56.1 Å². The lowest BCUT2D eigenvalue weighted by molar-refractivity contribution is -0.924. The standard InChI is InChI=1S/C19H23N7S/c1-2-15-4-6-16(7-5-15)17-22-19(27)26(23-17)14-24-10-12-25(13-11-24)18-20-8-3-9-21-18/h3-9H,2,10-14H2,1H3,(H,22,23,27)/p+1. The number of hydrogen-bond acceptors (Lipinski definition) is 5. The number of aromatic nitrogens is 5. The summed E-state index contributed by atoms with van der Waals surface area (Å²) in [6.07, 6.45) is 4.62. The molecule has 1 saturated heterocycles. The van der Waals surface area contributed by atoms with Gasteiger partial charge < -0.3 is 9.80 Å². The Kier molecular flexibility index (Phi) is 5.26. The van der Waals surface area contributed by atoms with Crippen LogP contribution in [0.3, 0.4) is 0 Å². The first-order valence-corrected chi connectivity index (χ1v) is 9.75. The molecule has 8 heteroatoms. The number of rotatable bonds is 5. The normalized spacial score (nSPS) is 15.2. The van der Waals surface area contributed by atoms with Gasteiger partial charge in [-0.3, -0.25) is 5.10 Å². The Bertz CT molecular complexity index is 925. The summed E-state index contributed by atoms with van der Waals surface area (Å²) in [5.41, 5.74) is 2.39. The van der Waals surface area contributed by atoms with Crippen molar-refractivity contribution in [3.05, 3.63) is 53.1 Å². The van der Waals surface area contributed by atoms with Crippen LogP contribution >= 0.6 is 12.2 Å². The van der Waals surface area contributed by atoms with E-state index in [4.69, 9.17) is 12.2 Å². The zero-order chi connectivity index (χ0) is 18.6. The molecule has 7 nitrogen and oxygen atoms in total. The Morgan fingerprint density at radius 2 is 1.81 bits per heavy atom. The highest BCUT2D eigenvalue weighted by Crippen LogP contribution is 2.15. The number of H-pyrrole nitrogens is 1. The van der Waals surface area contributed by atoms with Gasteiger partial charge in [0.15, 0.2) is 12.5 Å². The third-order valence-corrected chi connectivity index (χ3v) is 5.31. The summed E-state index contributed by atoms with van der Waals surface area (Å²) in [5.74, 6) is 1.64. The molecule has 1 aromatic carbocycles. The van der Waals surface area contributed by atoms with Gasteiger partial charge in [0.2, 0.25) is 10.7 Å². The third kappa shape index (κ3) is 4.06. The van der Waals surface area contributed by atoms with Gasteiger partial charge >= 0.3 is 0 Å². The smallest absolute Gasteiger partial charge is 0.225 e. The Morgan fingerprint density at radius 3 is 2.48 bits per heavy atom. The van der Waals surface area contributed by atoms with Crippen molar-refractivity contribution in [1.29, 1.82) is 0 Å². The molecule has 1 aliphatic heterocycles. The highest BCUT2D eigenvalue weighted by Gasteiger charge is 2.22. The molecule has 0 aliphatic carbocycles. The fraction of sp³-hybridized carbons (Fsp3) is 0.368. The summed E-state index contributed by atoms with van der Waals surface area (Å²) in [4.78, 5) is 16.9. The predicted molar refractivity (Wildman–Crippen MR) is 107 cm³/mol. The number of nitrogens with zero attached hydrogens (tertiary/aromatic N) is 5. The molecule has 0 radical (unpaired) electrons. The van der Waals surface area contributed by atoms with Crippen molar-refractivity contribution in [2.24, 2.45) is 0 Å². The van der Waals surface area contributed by atoms with Crippen LogP contribution in [-0.2, 0) is 13.1 Å². The van der Waals surface area contributed by atoms with Gasteiger partial charge in [-0.1, -0.05) is 31.2 Å². The average Bonchev–Trinajstić information content (AvgIpc) is 3.09. The second-order valence-corrected chi connectivity index (χ2v) is 7.14. The van der Waals surface area contributed by atoms with Crippen molar-refractivity contribution in [2.45, 2.75) is 20.0 Å². The molecular formula is C19H24N7S+. The van der Waals surface area contributed by atoms with E-state index >= 15 is 0 Å². The van der Waals surface area contributed by atoms with E-state index in [1.165, 1.54) is 10.5 Å². The van der Waals surface area contributed by atoms with Gasteiger partial charge in [-0.25, -0.2) is 14.6 Å². The highest BCUT2D eigenvalue weighted by atomic mass is 32.1. The fourth-order valence-electron chi connectivity index (χ4n) is 3.35. The molecule has 4 rings (SSSR count). The van der Waals surface area contributed by atoms with Gasteiger partial charge in [-0.15, -0.1) is 0 Å². The minimum absolute atomic E-state index is 0.603. The Hall–Kier alpha value is -2.58. The summed E-state index contributed by atoms with van der Waals surface area (Å²) in [5, 5.41) is 3.37. The lowest BCUT2D eigenvalue weighted by Crippen LogP contribution is -3.14. The van der Waals surface area contributed by atoms with Gasteiger partial charge in [0.1, 0.15) is 0 Å². The first-order chi connectivity index (χ1) is 13.2. The first-order valence-electron chi connectivity index (χ1n) is 9.34. The van der Waals surface area contributed by atoms with Crippen LogP contribution in [0, 0.1) is 4.77 Å². The molecule has 0 atom stereocenters. The number of piperazine rings is 1. The summed E-state index contributed by atoms with van der Waals surface area (Å²) >= 11 is 5.47. The molecule has 0 unspecified atom stereocenters. The molecule has 140 valence electrons. The zero-order valence-corrected chi connectivity index (χ0v) is 16.2. The molecule has 0 bridgehead atoms. The Morgan fingerprint density at radius 1 is 1.11 bits per heavy atom. The number of quaternary nitrogens is 1. The first kappa shape index (κ1) is 17.8. The quantitative estimate of drug-likeness (QED) is 0.652.